The summed E-state index contributed by atoms with van der Waals surface area (Å²) in [4.78, 5) is 0. The maximum atomic E-state index is 2.00. The van der Waals surface area contributed by atoms with Gasteiger partial charge < -0.3 is 23.4 Å². The molecular formula is C3H7BrMgZn. The second-order valence-electron chi connectivity index (χ2n) is 0.577. The average Bonchev–Trinajstić information content (AvgIpc) is 0.918. The van der Waals surface area contributed by atoms with Crippen LogP contribution in [0.5, 0.6) is 0 Å². The molecule has 0 bridgehead atoms. The molecule has 0 atom stereocenters. The van der Waals surface area contributed by atoms with Gasteiger partial charge in [-0.05, 0) is 0 Å². The molecule has 0 amide bonds. The summed E-state index contributed by atoms with van der Waals surface area (Å²) in [7, 11) is 0. The largest absolute Gasteiger partial charge is 2.00 e. The predicted octanol–water partition coefficient (Wildman–Crippen LogP) is -2.15. The van der Waals surface area contributed by atoms with Crippen LogP contribution in [-0.4, -0.2) is 23.1 Å². The van der Waals surface area contributed by atoms with E-state index in [0.29, 0.717) is 0 Å². The summed E-state index contributed by atoms with van der Waals surface area (Å²) in [6, 6.07) is 0. The van der Waals surface area contributed by atoms with Crippen molar-refractivity contribution in [3.05, 3.63) is 6.42 Å². The fourth-order valence-electron chi connectivity index (χ4n) is 0. The molecule has 0 saturated heterocycles. The third-order valence-corrected chi connectivity index (χ3v) is 0. The Hall–Kier alpha value is 1.87. The van der Waals surface area contributed by atoms with E-state index in [4.69, 9.17) is 0 Å². The molecule has 0 nitrogen and oxygen atoms in total. The Balaban J connectivity index is -0.00000000667. The fourth-order valence-corrected chi connectivity index (χ4v) is 0. The topological polar surface area (TPSA) is 0 Å². The minimum absolute atomic E-state index is 0. The van der Waals surface area contributed by atoms with Crippen molar-refractivity contribution in [3.63, 3.8) is 0 Å². The molecule has 0 unspecified atom stereocenters. The van der Waals surface area contributed by atoms with Crippen LogP contribution in [0.4, 0.5) is 0 Å². The summed E-state index contributed by atoms with van der Waals surface area (Å²) < 4.78 is 0. The van der Waals surface area contributed by atoms with Crippen molar-refractivity contribution < 1.29 is 36.5 Å². The first-order valence-electron chi connectivity index (χ1n) is 1.15. The van der Waals surface area contributed by atoms with E-state index in [1.165, 1.54) is 0 Å². The second kappa shape index (κ2) is 28.7. The van der Waals surface area contributed by atoms with Crippen LogP contribution < -0.4 is 17.0 Å². The van der Waals surface area contributed by atoms with Gasteiger partial charge in [0, 0.05) is 19.5 Å². The predicted molar refractivity (Wildman–Crippen MR) is 21.4 cm³/mol. The molecule has 30 valence electrons. The van der Waals surface area contributed by atoms with Gasteiger partial charge in [0.25, 0.3) is 0 Å². The number of hydrogen-bond donors (Lipinski definition) is 0. The molecule has 0 aromatic rings. The number of hydrogen-bond acceptors (Lipinski definition) is 0. The van der Waals surface area contributed by atoms with Crippen LogP contribution in [0.2, 0.25) is 0 Å². The Labute approximate surface area is 79.1 Å². The minimum Gasteiger partial charge on any atom is -1.00 e. The van der Waals surface area contributed by atoms with E-state index in [-0.39, 0.29) is 59.5 Å². The molecule has 6 heavy (non-hydrogen) atoms. The minimum atomic E-state index is 0. The maximum absolute atomic E-state index is 2.00. The first-order valence-corrected chi connectivity index (χ1v) is 1.15. The van der Waals surface area contributed by atoms with Gasteiger partial charge in [0.15, 0.2) is 0 Å². The van der Waals surface area contributed by atoms with Crippen LogP contribution >= 0.6 is 0 Å². The zero-order valence-corrected chi connectivity index (χ0v) is 10.3. The molecule has 3 heteroatoms. The molecule has 0 heterocycles. The zero-order valence-electron chi connectivity index (χ0n) is 4.37. The van der Waals surface area contributed by atoms with Crippen molar-refractivity contribution in [2.75, 3.05) is 0 Å². The van der Waals surface area contributed by atoms with Crippen LogP contribution in [0.15, 0.2) is 0 Å². The van der Waals surface area contributed by atoms with Crippen molar-refractivity contribution in [2.24, 2.45) is 0 Å². The van der Waals surface area contributed by atoms with Crippen LogP contribution in [0.25, 0.3) is 0 Å². The van der Waals surface area contributed by atoms with E-state index >= 15 is 0 Å². The van der Waals surface area contributed by atoms with Crippen molar-refractivity contribution in [1.29, 1.82) is 0 Å². The van der Waals surface area contributed by atoms with Gasteiger partial charge in [-0.1, -0.05) is 0 Å². The first kappa shape index (κ1) is 24.8. The first-order chi connectivity index (χ1) is 1.41. The molecule has 0 fully saturated rings. The van der Waals surface area contributed by atoms with Crippen LogP contribution in [0.3, 0.4) is 0 Å². The third kappa shape index (κ3) is 39.8. The summed E-state index contributed by atoms with van der Waals surface area (Å²) in [6.07, 6.45) is 2.00. The smallest absolute Gasteiger partial charge is 1.00 e. The Bertz CT molecular complexity index is 10.8. The monoisotopic (exact) mass is 210 g/mol. The molecular weight excluding hydrogens is 206 g/mol. The van der Waals surface area contributed by atoms with Crippen molar-refractivity contribution >= 4 is 23.1 Å². The summed E-state index contributed by atoms with van der Waals surface area (Å²) in [5.41, 5.74) is 0. The van der Waals surface area contributed by atoms with Crippen molar-refractivity contribution in [2.45, 2.75) is 13.8 Å². The van der Waals surface area contributed by atoms with Gasteiger partial charge in [-0.3, -0.25) is 0 Å². The molecule has 0 aliphatic carbocycles. The standard InChI is InChI=1S/C3H7.BrH.Mg.Zn/c1-3-2;;;/h3H,1-2H3;1H;;/q-1;;+2;/p-1. The van der Waals surface area contributed by atoms with Crippen LogP contribution in [0.1, 0.15) is 13.8 Å². The Kier molecular flexibility index (Phi) is 119. The van der Waals surface area contributed by atoms with Gasteiger partial charge in [-0.25, -0.2) is 0 Å². The van der Waals surface area contributed by atoms with Gasteiger partial charge in [0.1, 0.15) is 0 Å². The van der Waals surface area contributed by atoms with E-state index in [2.05, 4.69) is 0 Å². The maximum Gasteiger partial charge on any atom is 2.00 e. The average molecular weight is 213 g/mol. The summed E-state index contributed by atoms with van der Waals surface area (Å²) in [5.74, 6) is 0. The van der Waals surface area contributed by atoms with Crippen LogP contribution in [0, 0.1) is 6.42 Å². The molecule has 0 aliphatic rings. The van der Waals surface area contributed by atoms with Gasteiger partial charge in [-0.15, -0.1) is 0 Å². The molecule has 0 radical (unpaired) electrons. The molecule has 0 rings (SSSR count). The van der Waals surface area contributed by atoms with E-state index in [9.17, 15) is 0 Å². The van der Waals surface area contributed by atoms with E-state index < -0.39 is 0 Å². The Morgan fingerprint density at radius 1 is 1.17 bits per heavy atom. The Morgan fingerprint density at radius 2 is 1.17 bits per heavy atom. The SMILES string of the molecule is C[CH-]C.[Br-].[Mg+2].[Zn]. The van der Waals surface area contributed by atoms with E-state index in [0.717, 1.165) is 0 Å². The van der Waals surface area contributed by atoms with Gasteiger partial charge in [0.05, 0.1) is 0 Å². The van der Waals surface area contributed by atoms with E-state index in [1.807, 2.05) is 20.3 Å². The molecule has 0 aromatic heterocycles. The molecule has 0 aromatic carbocycles. The summed E-state index contributed by atoms with van der Waals surface area (Å²) in [5, 5.41) is 0. The molecule has 0 N–H and O–H groups in total. The quantitative estimate of drug-likeness (QED) is 0.318. The number of halogens is 1. The Morgan fingerprint density at radius 3 is 1.17 bits per heavy atom. The molecule has 0 aliphatic heterocycles. The molecule has 0 saturated carbocycles. The van der Waals surface area contributed by atoms with Gasteiger partial charge in [0.2, 0.25) is 0 Å². The summed E-state index contributed by atoms with van der Waals surface area (Å²) in [6.45, 7) is 4.00. The van der Waals surface area contributed by atoms with Crippen molar-refractivity contribution in [1.82, 2.24) is 0 Å². The number of rotatable bonds is 0. The van der Waals surface area contributed by atoms with Gasteiger partial charge in [-0.2, -0.15) is 13.8 Å². The normalized spacial score (nSPS) is 3.00. The molecule has 0 spiro atoms. The zero-order chi connectivity index (χ0) is 2.71. The fraction of sp³-hybridized carbons (Fsp3) is 0.667. The van der Waals surface area contributed by atoms with Crippen molar-refractivity contribution in [3.8, 4) is 0 Å². The van der Waals surface area contributed by atoms with Crippen LogP contribution in [-0.2, 0) is 19.5 Å². The van der Waals surface area contributed by atoms with E-state index in [1.54, 1.807) is 0 Å². The van der Waals surface area contributed by atoms with Gasteiger partial charge >= 0.3 is 23.1 Å². The summed E-state index contributed by atoms with van der Waals surface area (Å²) >= 11 is 0. The second-order valence-corrected chi connectivity index (χ2v) is 0.577. The third-order valence-electron chi connectivity index (χ3n) is 0.